The summed E-state index contributed by atoms with van der Waals surface area (Å²) in [5.74, 6) is 2.12. The minimum atomic E-state index is 0.343. The Kier molecular flexibility index (Phi) is 4.92. The highest BCUT2D eigenvalue weighted by Gasteiger charge is 2.10. The van der Waals surface area contributed by atoms with E-state index in [2.05, 4.69) is 65.8 Å². The van der Waals surface area contributed by atoms with Crippen LogP contribution >= 0.6 is 15.9 Å². The molecule has 0 radical (unpaired) electrons. The lowest BCUT2D eigenvalue weighted by atomic mass is 9.92. The largest absolute Gasteiger partial charge is 0.370 e. The maximum Gasteiger partial charge on any atom is 0.134 e. The predicted molar refractivity (Wildman–Crippen MR) is 76.4 cm³/mol. The van der Waals surface area contributed by atoms with Gasteiger partial charge in [-0.3, -0.25) is 0 Å². The van der Waals surface area contributed by atoms with Crippen molar-refractivity contribution in [1.29, 1.82) is 0 Å². The molecule has 1 heterocycles. The number of halogens is 1. The third-order valence-electron chi connectivity index (χ3n) is 2.41. The van der Waals surface area contributed by atoms with Crippen molar-refractivity contribution in [1.82, 2.24) is 9.97 Å². The van der Waals surface area contributed by atoms with Crippen LogP contribution in [0.25, 0.3) is 0 Å². The van der Waals surface area contributed by atoms with Crippen molar-refractivity contribution in [3.05, 3.63) is 16.5 Å². The van der Waals surface area contributed by atoms with Crippen molar-refractivity contribution in [3.8, 4) is 0 Å². The first-order valence-electron chi connectivity index (χ1n) is 6.06. The van der Waals surface area contributed by atoms with Crippen molar-refractivity contribution in [2.75, 3.05) is 11.9 Å². The maximum absolute atomic E-state index is 4.50. The van der Waals surface area contributed by atoms with Crippen LogP contribution in [-0.2, 0) is 0 Å². The number of hydrogen-bond donors (Lipinski definition) is 1. The summed E-state index contributed by atoms with van der Waals surface area (Å²) in [5, 5.41) is 3.36. The third kappa shape index (κ3) is 5.48. The number of anilines is 1. The molecule has 1 rings (SSSR count). The second-order valence-electron chi connectivity index (χ2n) is 5.83. The number of nitrogens with one attached hydrogen (secondary N) is 1. The SMILES string of the molecule is CC(C)c1nc(Br)cc(NCCC(C)(C)C)n1. The van der Waals surface area contributed by atoms with Crippen LogP contribution in [0.15, 0.2) is 10.7 Å². The van der Waals surface area contributed by atoms with E-state index in [-0.39, 0.29) is 0 Å². The van der Waals surface area contributed by atoms with Crippen molar-refractivity contribution >= 4 is 21.7 Å². The van der Waals surface area contributed by atoms with Gasteiger partial charge in [-0.15, -0.1) is 0 Å². The van der Waals surface area contributed by atoms with Gasteiger partial charge in [-0.25, -0.2) is 9.97 Å². The van der Waals surface area contributed by atoms with Gasteiger partial charge in [-0.05, 0) is 27.8 Å². The van der Waals surface area contributed by atoms with Crippen molar-refractivity contribution in [3.63, 3.8) is 0 Å². The molecule has 17 heavy (non-hydrogen) atoms. The lowest BCUT2D eigenvalue weighted by molar-refractivity contribution is 0.389. The van der Waals surface area contributed by atoms with E-state index >= 15 is 0 Å². The van der Waals surface area contributed by atoms with E-state index in [0.29, 0.717) is 11.3 Å². The molecule has 0 amide bonds. The summed E-state index contributed by atoms with van der Waals surface area (Å²) in [6.45, 7) is 11.9. The standard InChI is InChI=1S/C13H22BrN3/c1-9(2)12-16-10(14)8-11(17-12)15-7-6-13(3,4)5/h8-9H,6-7H2,1-5H3,(H,15,16,17). The maximum atomic E-state index is 4.50. The molecule has 0 spiro atoms. The molecule has 0 fully saturated rings. The zero-order valence-corrected chi connectivity index (χ0v) is 12.9. The first kappa shape index (κ1) is 14.4. The molecule has 0 atom stereocenters. The fourth-order valence-corrected chi connectivity index (χ4v) is 1.75. The Bertz CT molecular complexity index is 369. The first-order chi connectivity index (χ1) is 7.78. The molecule has 0 aromatic carbocycles. The second kappa shape index (κ2) is 5.80. The summed E-state index contributed by atoms with van der Waals surface area (Å²) < 4.78 is 0.842. The number of nitrogens with zero attached hydrogens (tertiary/aromatic N) is 2. The third-order valence-corrected chi connectivity index (χ3v) is 2.82. The smallest absolute Gasteiger partial charge is 0.134 e. The molecule has 4 heteroatoms. The lowest BCUT2D eigenvalue weighted by Crippen LogP contribution is -2.14. The molecule has 0 saturated carbocycles. The van der Waals surface area contributed by atoms with E-state index in [1.807, 2.05) is 6.07 Å². The Balaban J connectivity index is 2.65. The van der Waals surface area contributed by atoms with Crippen LogP contribution in [0.1, 0.15) is 52.8 Å². The molecular formula is C13H22BrN3. The predicted octanol–water partition coefficient (Wildman–Crippen LogP) is 4.21. The average Bonchev–Trinajstić information content (AvgIpc) is 2.14. The van der Waals surface area contributed by atoms with Crippen LogP contribution in [0.2, 0.25) is 0 Å². The van der Waals surface area contributed by atoms with E-state index < -0.39 is 0 Å². The Morgan fingerprint density at radius 2 is 1.94 bits per heavy atom. The van der Waals surface area contributed by atoms with Gasteiger partial charge in [0.05, 0.1) is 0 Å². The fraction of sp³-hybridized carbons (Fsp3) is 0.692. The fourth-order valence-electron chi connectivity index (χ4n) is 1.35. The normalized spacial score (nSPS) is 11.9. The highest BCUT2D eigenvalue weighted by Crippen LogP contribution is 2.20. The van der Waals surface area contributed by atoms with E-state index in [4.69, 9.17) is 0 Å². The summed E-state index contributed by atoms with van der Waals surface area (Å²) in [7, 11) is 0. The molecule has 1 aromatic rings. The Morgan fingerprint density at radius 3 is 2.47 bits per heavy atom. The summed E-state index contributed by atoms with van der Waals surface area (Å²) >= 11 is 3.42. The topological polar surface area (TPSA) is 37.8 Å². The van der Waals surface area contributed by atoms with Crippen LogP contribution in [0.3, 0.4) is 0 Å². The molecular weight excluding hydrogens is 278 g/mol. The van der Waals surface area contributed by atoms with Crippen LogP contribution < -0.4 is 5.32 Å². The van der Waals surface area contributed by atoms with Crippen LogP contribution in [-0.4, -0.2) is 16.5 Å². The van der Waals surface area contributed by atoms with Gasteiger partial charge in [0.15, 0.2) is 0 Å². The van der Waals surface area contributed by atoms with E-state index in [1.54, 1.807) is 0 Å². The first-order valence-corrected chi connectivity index (χ1v) is 6.85. The van der Waals surface area contributed by atoms with Crippen molar-refractivity contribution in [2.45, 2.75) is 47.0 Å². The Labute approximate surface area is 113 Å². The van der Waals surface area contributed by atoms with Gasteiger partial charge in [0, 0.05) is 18.5 Å². The van der Waals surface area contributed by atoms with Gasteiger partial charge < -0.3 is 5.32 Å². The highest BCUT2D eigenvalue weighted by atomic mass is 79.9. The van der Waals surface area contributed by atoms with E-state index in [0.717, 1.165) is 29.2 Å². The van der Waals surface area contributed by atoms with Gasteiger partial charge in [-0.1, -0.05) is 34.6 Å². The second-order valence-corrected chi connectivity index (χ2v) is 6.64. The van der Waals surface area contributed by atoms with Crippen LogP contribution in [0.5, 0.6) is 0 Å². The highest BCUT2D eigenvalue weighted by molar-refractivity contribution is 9.10. The van der Waals surface area contributed by atoms with Crippen LogP contribution in [0.4, 0.5) is 5.82 Å². The molecule has 0 aliphatic carbocycles. The van der Waals surface area contributed by atoms with Crippen molar-refractivity contribution in [2.24, 2.45) is 5.41 Å². The lowest BCUT2D eigenvalue weighted by Gasteiger charge is -2.18. The number of rotatable bonds is 4. The monoisotopic (exact) mass is 299 g/mol. The Hall–Kier alpha value is -0.640. The Morgan fingerprint density at radius 1 is 1.29 bits per heavy atom. The molecule has 0 unspecified atom stereocenters. The summed E-state index contributed by atoms with van der Waals surface area (Å²) in [5.41, 5.74) is 0.345. The summed E-state index contributed by atoms with van der Waals surface area (Å²) in [6, 6.07) is 1.93. The molecule has 0 aliphatic heterocycles. The van der Waals surface area contributed by atoms with Gasteiger partial charge in [-0.2, -0.15) is 0 Å². The quantitative estimate of drug-likeness (QED) is 0.846. The van der Waals surface area contributed by atoms with Gasteiger partial charge in [0.1, 0.15) is 16.2 Å². The molecule has 1 N–H and O–H groups in total. The number of aromatic nitrogens is 2. The van der Waals surface area contributed by atoms with Crippen LogP contribution in [0, 0.1) is 5.41 Å². The average molecular weight is 300 g/mol. The molecule has 96 valence electrons. The molecule has 0 aliphatic rings. The molecule has 0 saturated heterocycles. The molecule has 1 aromatic heterocycles. The van der Waals surface area contributed by atoms with Crippen molar-refractivity contribution < 1.29 is 0 Å². The molecule has 0 bridgehead atoms. The summed E-state index contributed by atoms with van der Waals surface area (Å²) in [6.07, 6.45) is 1.12. The molecule has 3 nitrogen and oxygen atoms in total. The van der Waals surface area contributed by atoms with Gasteiger partial charge >= 0.3 is 0 Å². The zero-order valence-electron chi connectivity index (χ0n) is 11.3. The zero-order chi connectivity index (χ0) is 13.1. The van der Waals surface area contributed by atoms with E-state index in [9.17, 15) is 0 Å². The van der Waals surface area contributed by atoms with Gasteiger partial charge in [0.25, 0.3) is 0 Å². The minimum absolute atomic E-state index is 0.343. The number of hydrogen-bond acceptors (Lipinski definition) is 3. The van der Waals surface area contributed by atoms with Gasteiger partial charge in [0.2, 0.25) is 0 Å². The minimum Gasteiger partial charge on any atom is -0.370 e. The summed E-state index contributed by atoms with van der Waals surface area (Å²) in [4.78, 5) is 8.86. The van der Waals surface area contributed by atoms with E-state index in [1.165, 1.54) is 0 Å².